The van der Waals surface area contributed by atoms with Gasteiger partial charge in [0, 0.05) is 19.1 Å². The lowest BCUT2D eigenvalue weighted by Gasteiger charge is -2.17. The summed E-state index contributed by atoms with van der Waals surface area (Å²) in [5.41, 5.74) is 6.66. The van der Waals surface area contributed by atoms with Crippen LogP contribution in [0.5, 0.6) is 0 Å². The van der Waals surface area contributed by atoms with Crippen LogP contribution in [0.15, 0.2) is 23.1 Å². The summed E-state index contributed by atoms with van der Waals surface area (Å²) in [6.45, 7) is 2.70. The average Bonchev–Trinajstić information content (AvgIpc) is 2.64. The van der Waals surface area contributed by atoms with Crippen molar-refractivity contribution in [2.24, 2.45) is 5.73 Å². The zero-order valence-corrected chi connectivity index (χ0v) is 11.1. The standard InChI is InChI=1S/C11H15ClN2O2S/c1-8-2-3-11(10(12)6-8)17(15,16)14-5-4-9(13)7-14/h2-3,6,9H,4-5,7,13H2,1H3/t9-/m1/s1. The smallest absolute Gasteiger partial charge is 0.244 e. The molecule has 1 heterocycles. The van der Waals surface area contributed by atoms with Gasteiger partial charge in [-0.25, -0.2) is 8.42 Å². The van der Waals surface area contributed by atoms with Crippen LogP contribution in [0.1, 0.15) is 12.0 Å². The molecule has 0 bridgehead atoms. The second kappa shape index (κ2) is 4.57. The highest BCUT2D eigenvalue weighted by Crippen LogP contribution is 2.27. The van der Waals surface area contributed by atoms with Gasteiger partial charge in [-0.1, -0.05) is 17.7 Å². The van der Waals surface area contributed by atoms with Crippen molar-refractivity contribution in [3.05, 3.63) is 28.8 Å². The number of hydrogen-bond donors (Lipinski definition) is 1. The predicted octanol–water partition coefficient (Wildman–Crippen LogP) is 1.37. The number of benzene rings is 1. The van der Waals surface area contributed by atoms with Crippen molar-refractivity contribution in [1.82, 2.24) is 4.31 Å². The van der Waals surface area contributed by atoms with Gasteiger partial charge in [0.1, 0.15) is 4.90 Å². The number of sulfonamides is 1. The van der Waals surface area contributed by atoms with Gasteiger partial charge < -0.3 is 5.73 Å². The van der Waals surface area contributed by atoms with E-state index in [0.29, 0.717) is 19.5 Å². The molecule has 1 atom stereocenters. The van der Waals surface area contributed by atoms with Crippen LogP contribution in [0, 0.1) is 6.92 Å². The fraction of sp³-hybridized carbons (Fsp3) is 0.455. The molecule has 0 saturated carbocycles. The minimum atomic E-state index is -3.50. The highest BCUT2D eigenvalue weighted by molar-refractivity contribution is 7.89. The van der Waals surface area contributed by atoms with Crippen LogP contribution in [0.2, 0.25) is 5.02 Å². The summed E-state index contributed by atoms with van der Waals surface area (Å²) >= 11 is 5.99. The summed E-state index contributed by atoms with van der Waals surface area (Å²) in [6, 6.07) is 4.88. The van der Waals surface area contributed by atoms with Crippen molar-refractivity contribution in [3.63, 3.8) is 0 Å². The van der Waals surface area contributed by atoms with Crippen molar-refractivity contribution in [1.29, 1.82) is 0 Å². The molecule has 6 heteroatoms. The molecule has 0 aliphatic carbocycles. The fourth-order valence-electron chi connectivity index (χ4n) is 1.93. The van der Waals surface area contributed by atoms with Gasteiger partial charge in [0.2, 0.25) is 10.0 Å². The van der Waals surface area contributed by atoms with Gasteiger partial charge in [-0.2, -0.15) is 4.31 Å². The van der Waals surface area contributed by atoms with E-state index in [-0.39, 0.29) is 16.0 Å². The molecular weight excluding hydrogens is 260 g/mol. The van der Waals surface area contributed by atoms with E-state index in [0.717, 1.165) is 5.56 Å². The van der Waals surface area contributed by atoms with E-state index in [9.17, 15) is 8.42 Å². The minimum Gasteiger partial charge on any atom is -0.326 e. The highest BCUT2D eigenvalue weighted by Gasteiger charge is 2.32. The quantitative estimate of drug-likeness (QED) is 0.886. The Bertz CT molecular complexity index is 530. The van der Waals surface area contributed by atoms with Crippen molar-refractivity contribution in [2.75, 3.05) is 13.1 Å². The molecule has 1 aromatic rings. The first kappa shape index (κ1) is 12.8. The zero-order chi connectivity index (χ0) is 12.6. The van der Waals surface area contributed by atoms with Gasteiger partial charge in [-0.3, -0.25) is 0 Å². The van der Waals surface area contributed by atoms with Gasteiger partial charge in [0.05, 0.1) is 5.02 Å². The normalized spacial score (nSPS) is 21.9. The lowest BCUT2D eigenvalue weighted by molar-refractivity contribution is 0.472. The van der Waals surface area contributed by atoms with Crippen LogP contribution >= 0.6 is 11.6 Å². The van der Waals surface area contributed by atoms with Crippen LogP contribution in [0.3, 0.4) is 0 Å². The monoisotopic (exact) mass is 274 g/mol. The molecule has 1 saturated heterocycles. The average molecular weight is 275 g/mol. The highest BCUT2D eigenvalue weighted by atomic mass is 35.5. The fourth-order valence-corrected chi connectivity index (χ4v) is 4.01. The van der Waals surface area contributed by atoms with Crippen LogP contribution < -0.4 is 5.73 Å². The Morgan fingerprint density at radius 2 is 2.18 bits per heavy atom. The Kier molecular flexibility index (Phi) is 3.45. The van der Waals surface area contributed by atoms with Gasteiger partial charge in [-0.15, -0.1) is 0 Å². The largest absolute Gasteiger partial charge is 0.326 e. The summed E-state index contributed by atoms with van der Waals surface area (Å²) in [6.07, 6.45) is 0.697. The van der Waals surface area contributed by atoms with Crippen LogP contribution in [-0.2, 0) is 10.0 Å². The molecule has 0 spiro atoms. The molecule has 1 fully saturated rings. The predicted molar refractivity (Wildman–Crippen MR) is 67.5 cm³/mol. The van der Waals surface area contributed by atoms with Gasteiger partial charge in [0.25, 0.3) is 0 Å². The maximum atomic E-state index is 12.3. The summed E-state index contributed by atoms with van der Waals surface area (Å²) in [4.78, 5) is 0.166. The Balaban J connectivity index is 2.38. The molecule has 0 aromatic heterocycles. The third kappa shape index (κ3) is 2.47. The summed E-state index contributed by atoms with van der Waals surface area (Å²) < 4.78 is 26.0. The van der Waals surface area contributed by atoms with E-state index in [2.05, 4.69) is 0 Å². The molecule has 94 valence electrons. The first-order chi connectivity index (χ1) is 7.91. The topological polar surface area (TPSA) is 63.4 Å². The maximum Gasteiger partial charge on any atom is 0.244 e. The molecule has 0 amide bonds. The molecule has 1 aromatic carbocycles. The molecule has 2 rings (SSSR count). The lowest BCUT2D eigenvalue weighted by Crippen LogP contribution is -2.32. The first-order valence-electron chi connectivity index (χ1n) is 5.43. The van der Waals surface area contributed by atoms with Crippen LogP contribution in [-0.4, -0.2) is 31.9 Å². The minimum absolute atomic E-state index is 0.0750. The van der Waals surface area contributed by atoms with E-state index < -0.39 is 10.0 Å². The zero-order valence-electron chi connectivity index (χ0n) is 9.56. The molecule has 17 heavy (non-hydrogen) atoms. The second-order valence-electron chi connectivity index (χ2n) is 4.35. The van der Waals surface area contributed by atoms with Gasteiger partial charge in [-0.05, 0) is 31.0 Å². The molecule has 0 radical (unpaired) electrons. The van der Waals surface area contributed by atoms with Crippen molar-refractivity contribution in [3.8, 4) is 0 Å². The Morgan fingerprint density at radius 1 is 1.47 bits per heavy atom. The maximum absolute atomic E-state index is 12.3. The molecule has 4 nitrogen and oxygen atoms in total. The molecule has 2 N–H and O–H groups in total. The number of rotatable bonds is 2. The van der Waals surface area contributed by atoms with E-state index in [1.807, 2.05) is 6.92 Å². The number of nitrogens with two attached hydrogens (primary N) is 1. The molecule has 1 aliphatic rings. The second-order valence-corrected chi connectivity index (χ2v) is 6.66. The van der Waals surface area contributed by atoms with E-state index in [1.54, 1.807) is 18.2 Å². The number of nitrogens with zero attached hydrogens (tertiary/aromatic N) is 1. The Hall–Kier alpha value is -0.620. The van der Waals surface area contributed by atoms with Gasteiger partial charge in [0.15, 0.2) is 0 Å². The third-order valence-electron chi connectivity index (χ3n) is 2.89. The van der Waals surface area contributed by atoms with Crippen LogP contribution in [0.25, 0.3) is 0 Å². The van der Waals surface area contributed by atoms with Crippen molar-refractivity contribution >= 4 is 21.6 Å². The molecule has 1 aliphatic heterocycles. The van der Waals surface area contributed by atoms with E-state index in [4.69, 9.17) is 17.3 Å². The van der Waals surface area contributed by atoms with E-state index >= 15 is 0 Å². The van der Waals surface area contributed by atoms with Crippen molar-refractivity contribution < 1.29 is 8.42 Å². The Labute approximate surface area is 106 Å². The first-order valence-corrected chi connectivity index (χ1v) is 7.25. The third-order valence-corrected chi connectivity index (χ3v) is 5.24. The number of aryl methyl sites for hydroxylation is 1. The summed E-state index contributed by atoms with van der Waals surface area (Å²) in [5.74, 6) is 0. The summed E-state index contributed by atoms with van der Waals surface area (Å²) in [7, 11) is -3.50. The molecule has 0 unspecified atom stereocenters. The van der Waals surface area contributed by atoms with Crippen molar-refractivity contribution in [2.45, 2.75) is 24.3 Å². The SMILES string of the molecule is Cc1ccc(S(=O)(=O)N2CC[C@@H](N)C2)c(Cl)c1. The Morgan fingerprint density at radius 3 is 2.71 bits per heavy atom. The van der Waals surface area contributed by atoms with Crippen LogP contribution in [0.4, 0.5) is 0 Å². The summed E-state index contributed by atoms with van der Waals surface area (Å²) in [5, 5.41) is 0.269. The number of halogens is 1. The van der Waals surface area contributed by atoms with E-state index in [1.165, 1.54) is 4.31 Å². The molecular formula is C11H15ClN2O2S. The lowest BCUT2D eigenvalue weighted by atomic mass is 10.2. The van der Waals surface area contributed by atoms with Gasteiger partial charge >= 0.3 is 0 Å². The number of hydrogen-bond acceptors (Lipinski definition) is 3.